The molecule has 0 amide bonds. The van der Waals surface area contributed by atoms with Gasteiger partial charge in [0.15, 0.2) is 17.2 Å². The number of aromatic nitrogens is 2. The molecule has 0 saturated heterocycles. The number of benzene rings is 3. The highest BCUT2D eigenvalue weighted by Gasteiger charge is 2.35. The molecular formula is C32H34N2O3. The lowest BCUT2D eigenvalue weighted by atomic mass is 9.86. The number of rotatable bonds is 9. The van der Waals surface area contributed by atoms with Crippen LogP contribution in [0.1, 0.15) is 84.4 Å². The number of nitrogens with zero attached hydrogens (tertiary/aromatic N) is 1. The summed E-state index contributed by atoms with van der Waals surface area (Å²) in [6.07, 6.45) is 6.88. The normalized spacial score (nSPS) is 15.5. The molecule has 1 N–H and O–H groups in total. The number of ether oxygens (including phenoxy) is 2. The molecule has 0 radical (unpaired) electrons. The van der Waals surface area contributed by atoms with Crippen molar-refractivity contribution in [2.24, 2.45) is 0 Å². The van der Waals surface area contributed by atoms with Crippen molar-refractivity contribution in [3.63, 3.8) is 0 Å². The minimum absolute atomic E-state index is 0.184. The number of aromatic amines is 1. The average molecular weight is 495 g/mol. The molecule has 3 aromatic carbocycles. The lowest BCUT2D eigenvalue weighted by Crippen LogP contribution is -2.33. The fraction of sp³-hybridized carbons (Fsp3) is 0.312. The van der Waals surface area contributed by atoms with Crippen molar-refractivity contribution in [2.45, 2.75) is 64.6 Å². The topological polar surface area (TPSA) is 64.2 Å². The van der Waals surface area contributed by atoms with Crippen LogP contribution < -0.4 is 9.47 Å². The van der Waals surface area contributed by atoms with Crippen molar-refractivity contribution in [3.8, 4) is 11.5 Å². The predicted octanol–water partition coefficient (Wildman–Crippen LogP) is 7.36. The van der Waals surface area contributed by atoms with Crippen LogP contribution in [0, 0.1) is 0 Å². The van der Waals surface area contributed by atoms with Gasteiger partial charge in [0.05, 0.1) is 0 Å². The first-order chi connectivity index (χ1) is 18.0. The zero-order chi connectivity index (χ0) is 25.8. The van der Waals surface area contributed by atoms with Crippen molar-refractivity contribution >= 4 is 5.78 Å². The van der Waals surface area contributed by atoms with Crippen LogP contribution in [0.4, 0.5) is 0 Å². The molecule has 1 aliphatic carbocycles. The van der Waals surface area contributed by atoms with E-state index in [0.29, 0.717) is 30.5 Å². The van der Waals surface area contributed by atoms with Gasteiger partial charge in [0.2, 0.25) is 0 Å². The molecule has 1 unspecified atom stereocenters. The number of hydrogen-bond acceptors (Lipinski definition) is 4. The predicted molar refractivity (Wildman–Crippen MR) is 145 cm³/mol. The largest absolute Gasteiger partial charge is 0.489 e. The molecular weight excluding hydrogens is 460 g/mol. The Labute approximate surface area is 218 Å². The van der Waals surface area contributed by atoms with E-state index in [0.717, 1.165) is 47.3 Å². The van der Waals surface area contributed by atoms with Gasteiger partial charge in [0.1, 0.15) is 18.1 Å². The monoisotopic (exact) mass is 494 g/mol. The summed E-state index contributed by atoms with van der Waals surface area (Å²) in [4.78, 5) is 20.5. The smallest absolute Gasteiger partial charge is 0.188 e. The van der Waals surface area contributed by atoms with Gasteiger partial charge in [-0.15, -0.1) is 0 Å². The van der Waals surface area contributed by atoms with Crippen LogP contribution >= 0.6 is 0 Å². The molecule has 0 spiro atoms. The molecule has 4 aromatic rings. The fourth-order valence-electron chi connectivity index (χ4n) is 5.06. The summed E-state index contributed by atoms with van der Waals surface area (Å²) in [6.45, 7) is 6.76. The molecule has 1 aliphatic rings. The minimum atomic E-state index is -0.857. The van der Waals surface area contributed by atoms with Crippen LogP contribution in [0.25, 0.3) is 0 Å². The molecule has 1 aromatic heterocycles. The van der Waals surface area contributed by atoms with Gasteiger partial charge in [-0.2, -0.15) is 0 Å². The summed E-state index contributed by atoms with van der Waals surface area (Å²) >= 11 is 0. The Hall–Kier alpha value is -3.86. The Morgan fingerprint density at radius 3 is 2.51 bits per heavy atom. The number of imidazole rings is 1. The van der Waals surface area contributed by atoms with Gasteiger partial charge >= 0.3 is 0 Å². The Morgan fingerprint density at radius 1 is 1.03 bits per heavy atom. The van der Waals surface area contributed by atoms with Crippen LogP contribution in [0.3, 0.4) is 0 Å². The summed E-state index contributed by atoms with van der Waals surface area (Å²) in [5, 5.41) is 0. The van der Waals surface area contributed by atoms with Gasteiger partial charge in [0.25, 0.3) is 0 Å². The van der Waals surface area contributed by atoms with Crippen LogP contribution in [-0.2, 0) is 18.6 Å². The first-order valence-corrected chi connectivity index (χ1v) is 13.1. The van der Waals surface area contributed by atoms with E-state index in [-0.39, 0.29) is 5.78 Å². The highest BCUT2D eigenvalue weighted by atomic mass is 16.5. The molecule has 0 bridgehead atoms. The van der Waals surface area contributed by atoms with E-state index in [1.807, 2.05) is 61.5 Å². The van der Waals surface area contributed by atoms with Crippen molar-refractivity contribution in [2.75, 3.05) is 0 Å². The maximum absolute atomic E-state index is 12.7. The molecule has 0 fully saturated rings. The van der Waals surface area contributed by atoms with Crippen LogP contribution in [0.2, 0.25) is 0 Å². The van der Waals surface area contributed by atoms with Crippen molar-refractivity contribution in [1.82, 2.24) is 9.97 Å². The van der Waals surface area contributed by atoms with Gasteiger partial charge in [-0.3, -0.25) is 4.79 Å². The number of carbonyl (C=O) groups is 1. The van der Waals surface area contributed by atoms with Crippen LogP contribution in [-0.4, -0.2) is 15.8 Å². The maximum Gasteiger partial charge on any atom is 0.188 e. The molecule has 5 heteroatoms. The van der Waals surface area contributed by atoms with E-state index < -0.39 is 5.60 Å². The van der Waals surface area contributed by atoms with Crippen molar-refractivity contribution in [1.29, 1.82) is 0 Å². The standard InChI is InChI=1S/C32H34N2O3/c1-4-22(2)23-13-15-25(16-14-23)36-21-28-26-11-8-12-29(35)27(26)17-18-30(28)37-32(3,31-33-19-20-34-31)24-9-6-5-7-10-24/h5-7,9-10,13-20,22H,4,8,11-12,21H2,1-3H3,(H,33,34)/t22?,32-/m0/s1. The number of carbonyl (C=O) groups excluding carboxylic acids is 1. The minimum Gasteiger partial charge on any atom is -0.489 e. The first-order valence-electron chi connectivity index (χ1n) is 13.1. The van der Waals surface area contributed by atoms with Crippen molar-refractivity contribution < 1.29 is 14.3 Å². The van der Waals surface area contributed by atoms with Gasteiger partial charge in [-0.25, -0.2) is 4.98 Å². The highest BCUT2D eigenvalue weighted by Crippen LogP contribution is 2.38. The zero-order valence-electron chi connectivity index (χ0n) is 21.8. The van der Waals surface area contributed by atoms with Gasteiger partial charge < -0.3 is 14.5 Å². The summed E-state index contributed by atoms with van der Waals surface area (Å²) < 4.78 is 13.1. The molecule has 5 rings (SSSR count). The summed E-state index contributed by atoms with van der Waals surface area (Å²) in [7, 11) is 0. The van der Waals surface area contributed by atoms with E-state index in [2.05, 4.69) is 35.9 Å². The van der Waals surface area contributed by atoms with Gasteiger partial charge in [0, 0.05) is 35.5 Å². The third-order valence-electron chi connectivity index (χ3n) is 7.55. The third kappa shape index (κ3) is 5.04. The van der Waals surface area contributed by atoms with E-state index in [1.54, 1.807) is 12.4 Å². The molecule has 1 heterocycles. The van der Waals surface area contributed by atoms with E-state index in [4.69, 9.17) is 9.47 Å². The molecule has 37 heavy (non-hydrogen) atoms. The Kier molecular flexibility index (Phi) is 7.13. The second-order valence-electron chi connectivity index (χ2n) is 9.95. The fourth-order valence-corrected chi connectivity index (χ4v) is 5.06. The van der Waals surface area contributed by atoms with E-state index >= 15 is 0 Å². The second kappa shape index (κ2) is 10.6. The Balaban J connectivity index is 1.52. The summed E-state index contributed by atoms with van der Waals surface area (Å²) in [6, 6.07) is 22.2. The van der Waals surface area contributed by atoms with Gasteiger partial charge in [-0.1, -0.05) is 56.3 Å². The second-order valence-corrected chi connectivity index (χ2v) is 9.95. The number of Topliss-reactive ketones (excluding diaryl/α,β-unsaturated/α-hetero) is 1. The molecule has 5 nitrogen and oxygen atoms in total. The summed E-state index contributed by atoms with van der Waals surface area (Å²) in [5.74, 6) is 2.91. The number of ketones is 1. The zero-order valence-corrected chi connectivity index (χ0v) is 21.8. The molecule has 190 valence electrons. The lowest BCUT2D eigenvalue weighted by molar-refractivity contribution is 0.0970. The lowest BCUT2D eigenvalue weighted by Gasteiger charge is -2.32. The Bertz CT molecular complexity index is 1350. The number of H-pyrrole nitrogens is 1. The number of nitrogens with one attached hydrogen (secondary N) is 1. The SMILES string of the molecule is CCC(C)c1ccc(OCc2c(O[C@@](C)(c3ccccc3)c3ncc[nH]3)ccc3c2CCCC3=O)cc1. The van der Waals surface area contributed by atoms with E-state index in [1.165, 1.54) is 5.56 Å². The van der Waals surface area contributed by atoms with Crippen LogP contribution in [0.15, 0.2) is 79.1 Å². The number of hydrogen-bond donors (Lipinski definition) is 1. The van der Waals surface area contributed by atoms with Crippen LogP contribution in [0.5, 0.6) is 11.5 Å². The van der Waals surface area contributed by atoms with Gasteiger partial charge in [-0.05, 0) is 67.5 Å². The highest BCUT2D eigenvalue weighted by molar-refractivity contribution is 5.99. The molecule has 0 saturated carbocycles. The molecule has 2 atom stereocenters. The van der Waals surface area contributed by atoms with Crippen molar-refractivity contribution in [3.05, 3.63) is 113 Å². The Morgan fingerprint density at radius 2 is 1.81 bits per heavy atom. The first kappa shape index (κ1) is 24.8. The summed E-state index contributed by atoms with van der Waals surface area (Å²) in [5.41, 5.74) is 4.16. The molecule has 0 aliphatic heterocycles. The maximum atomic E-state index is 12.7. The quantitative estimate of drug-likeness (QED) is 0.264. The average Bonchev–Trinajstić information content (AvgIpc) is 3.49. The third-order valence-corrected chi connectivity index (χ3v) is 7.55. The number of fused-ring (bicyclic) bond motifs is 1. The van der Waals surface area contributed by atoms with E-state index in [9.17, 15) is 4.79 Å².